The number of Topliss-reactive ketones (excluding diaryl/α,β-unsaturated/α-hetero) is 1. The van der Waals surface area contributed by atoms with E-state index in [0.717, 1.165) is 0 Å². The second-order valence-electron chi connectivity index (χ2n) is 3.12. The van der Waals surface area contributed by atoms with Gasteiger partial charge in [-0.15, -0.1) is 11.8 Å². The Morgan fingerprint density at radius 1 is 1.56 bits per heavy atom. The normalized spacial score (nSPS) is 10.2. The van der Waals surface area contributed by atoms with Gasteiger partial charge in [0.15, 0.2) is 11.6 Å². The molecule has 88 valence electrons. The molecule has 0 aliphatic heterocycles. The zero-order valence-corrected chi connectivity index (χ0v) is 10.1. The van der Waals surface area contributed by atoms with Crippen molar-refractivity contribution in [2.75, 3.05) is 19.9 Å². The number of ketones is 1. The summed E-state index contributed by atoms with van der Waals surface area (Å²) in [4.78, 5) is 11.9. The predicted molar refractivity (Wildman–Crippen MR) is 62.7 cm³/mol. The molecule has 16 heavy (non-hydrogen) atoms. The Morgan fingerprint density at radius 2 is 2.25 bits per heavy atom. The van der Waals surface area contributed by atoms with Gasteiger partial charge in [0.25, 0.3) is 0 Å². The first-order chi connectivity index (χ1) is 7.65. The van der Waals surface area contributed by atoms with Gasteiger partial charge in [0, 0.05) is 6.42 Å². The number of carbonyl (C=O) groups excluding carboxylic acids is 1. The number of hydrogen-bond acceptors (Lipinski definition) is 4. The summed E-state index contributed by atoms with van der Waals surface area (Å²) < 4.78 is 18.9. The molecule has 0 unspecified atom stereocenters. The molecule has 0 saturated heterocycles. The summed E-state index contributed by atoms with van der Waals surface area (Å²) in [6.45, 7) is 0.221. The molecule has 0 heterocycles. The van der Waals surface area contributed by atoms with Gasteiger partial charge in [-0.2, -0.15) is 0 Å². The topological polar surface area (TPSA) is 52.3 Å². The van der Waals surface area contributed by atoms with Crippen LogP contribution in [0.1, 0.15) is 16.8 Å². The molecule has 2 N–H and O–H groups in total. The maximum atomic E-state index is 13.9. The van der Waals surface area contributed by atoms with E-state index in [4.69, 9.17) is 10.5 Å². The average Bonchev–Trinajstić information content (AvgIpc) is 2.28. The van der Waals surface area contributed by atoms with E-state index in [0.29, 0.717) is 10.6 Å². The molecule has 1 aromatic carbocycles. The molecule has 0 aromatic heterocycles. The van der Waals surface area contributed by atoms with E-state index < -0.39 is 5.82 Å². The molecule has 0 radical (unpaired) electrons. The van der Waals surface area contributed by atoms with Crippen molar-refractivity contribution in [1.82, 2.24) is 0 Å². The fraction of sp³-hybridized carbons (Fsp3) is 0.364. The Bertz CT molecular complexity index is 396. The summed E-state index contributed by atoms with van der Waals surface area (Å²) in [5, 5.41) is 0. The number of thioether (sulfide) groups is 1. The van der Waals surface area contributed by atoms with Crippen LogP contribution in [0.15, 0.2) is 17.0 Å². The lowest BCUT2D eigenvalue weighted by atomic mass is 10.1. The number of carbonyl (C=O) groups is 1. The Labute approximate surface area is 98.2 Å². The third-order valence-electron chi connectivity index (χ3n) is 2.16. The highest BCUT2D eigenvalue weighted by Gasteiger charge is 2.17. The van der Waals surface area contributed by atoms with Crippen molar-refractivity contribution < 1.29 is 13.9 Å². The number of ether oxygens (including phenoxy) is 1. The van der Waals surface area contributed by atoms with Gasteiger partial charge in [-0.05, 0) is 24.9 Å². The minimum absolute atomic E-state index is 0.0793. The highest BCUT2D eigenvalue weighted by atomic mass is 32.2. The number of hydrogen-bond donors (Lipinski definition) is 1. The van der Waals surface area contributed by atoms with E-state index in [1.54, 1.807) is 12.3 Å². The number of nitrogens with two attached hydrogens (primary N) is 1. The zero-order chi connectivity index (χ0) is 12.1. The van der Waals surface area contributed by atoms with Crippen molar-refractivity contribution in [2.45, 2.75) is 11.3 Å². The third kappa shape index (κ3) is 2.54. The minimum atomic E-state index is -0.523. The van der Waals surface area contributed by atoms with Crippen molar-refractivity contribution in [2.24, 2.45) is 5.73 Å². The van der Waals surface area contributed by atoms with Crippen LogP contribution in [0.2, 0.25) is 0 Å². The van der Waals surface area contributed by atoms with Crippen LogP contribution in [0.5, 0.6) is 5.75 Å². The molecular formula is C11H14FNO2S. The first kappa shape index (κ1) is 13.0. The summed E-state index contributed by atoms with van der Waals surface area (Å²) >= 11 is 1.21. The smallest absolute Gasteiger partial charge is 0.167 e. The molecule has 5 heteroatoms. The number of benzene rings is 1. The quantitative estimate of drug-likeness (QED) is 0.635. The molecule has 0 aliphatic rings. The van der Waals surface area contributed by atoms with Crippen LogP contribution in [0, 0.1) is 5.82 Å². The Balaban J connectivity index is 3.18. The number of halogens is 1. The summed E-state index contributed by atoms with van der Waals surface area (Å²) in [7, 11) is 1.47. The standard InChI is InChI=1S/C11H14FNO2S/c1-15-9-4-3-7(8(14)5-6-13)10(12)11(9)16-2/h3-4H,5-6,13H2,1-2H3. The van der Waals surface area contributed by atoms with E-state index in [9.17, 15) is 9.18 Å². The van der Waals surface area contributed by atoms with Crippen LogP contribution in [0.4, 0.5) is 4.39 Å². The van der Waals surface area contributed by atoms with Gasteiger partial charge in [0.2, 0.25) is 0 Å². The predicted octanol–water partition coefficient (Wildman–Crippen LogP) is 2.09. The van der Waals surface area contributed by atoms with Crippen LogP contribution in [-0.2, 0) is 0 Å². The Morgan fingerprint density at radius 3 is 2.75 bits per heavy atom. The maximum Gasteiger partial charge on any atom is 0.167 e. The van der Waals surface area contributed by atoms with E-state index in [1.807, 2.05) is 0 Å². The van der Waals surface area contributed by atoms with Gasteiger partial charge in [0.1, 0.15) is 5.75 Å². The molecule has 0 aliphatic carbocycles. The second-order valence-corrected chi connectivity index (χ2v) is 3.94. The lowest BCUT2D eigenvalue weighted by Gasteiger charge is -2.10. The summed E-state index contributed by atoms with van der Waals surface area (Å²) in [5.74, 6) is -0.363. The first-order valence-corrected chi connectivity index (χ1v) is 6.02. The summed E-state index contributed by atoms with van der Waals surface area (Å²) in [6.07, 6.45) is 1.88. The fourth-order valence-electron chi connectivity index (χ4n) is 1.37. The van der Waals surface area contributed by atoms with Gasteiger partial charge < -0.3 is 10.5 Å². The van der Waals surface area contributed by atoms with E-state index in [-0.39, 0.29) is 24.3 Å². The molecule has 0 amide bonds. The monoisotopic (exact) mass is 243 g/mol. The third-order valence-corrected chi connectivity index (χ3v) is 2.95. The lowest BCUT2D eigenvalue weighted by Crippen LogP contribution is -2.10. The van der Waals surface area contributed by atoms with Crippen LogP contribution in [0.3, 0.4) is 0 Å². The molecular weight excluding hydrogens is 229 g/mol. The van der Waals surface area contributed by atoms with Crippen LogP contribution in [-0.4, -0.2) is 25.7 Å². The highest BCUT2D eigenvalue weighted by molar-refractivity contribution is 7.98. The summed E-state index contributed by atoms with van der Waals surface area (Å²) in [5.41, 5.74) is 5.35. The van der Waals surface area contributed by atoms with Gasteiger partial charge >= 0.3 is 0 Å². The second kappa shape index (κ2) is 5.86. The molecule has 3 nitrogen and oxygen atoms in total. The van der Waals surface area contributed by atoms with Crippen molar-refractivity contribution in [3.05, 3.63) is 23.5 Å². The maximum absolute atomic E-state index is 13.9. The number of rotatable bonds is 5. The molecule has 1 aromatic rings. The van der Waals surface area contributed by atoms with Gasteiger partial charge in [0.05, 0.1) is 17.6 Å². The van der Waals surface area contributed by atoms with Crippen molar-refractivity contribution >= 4 is 17.5 Å². The minimum Gasteiger partial charge on any atom is -0.495 e. The van der Waals surface area contributed by atoms with Crippen LogP contribution < -0.4 is 10.5 Å². The molecule has 1 rings (SSSR count). The average molecular weight is 243 g/mol. The Kier molecular flexibility index (Phi) is 4.76. The molecule has 0 fully saturated rings. The van der Waals surface area contributed by atoms with Crippen molar-refractivity contribution in [3.63, 3.8) is 0 Å². The molecule has 0 saturated carbocycles. The van der Waals surface area contributed by atoms with Gasteiger partial charge in [-0.1, -0.05) is 0 Å². The van der Waals surface area contributed by atoms with E-state index >= 15 is 0 Å². The molecule has 0 spiro atoms. The van der Waals surface area contributed by atoms with Gasteiger partial charge in [-0.3, -0.25) is 4.79 Å². The Hall–Kier alpha value is -1.07. The van der Waals surface area contributed by atoms with Crippen molar-refractivity contribution in [3.8, 4) is 5.75 Å². The van der Waals surface area contributed by atoms with E-state index in [2.05, 4.69) is 0 Å². The zero-order valence-electron chi connectivity index (χ0n) is 9.25. The van der Waals surface area contributed by atoms with Gasteiger partial charge in [-0.25, -0.2) is 4.39 Å². The fourth-order valence-corrected chi connectivity index (χ4v) is 2.01. The lowest BCUT2D eigenvalue weighted by molar-refractivity contribution is 0.0981. The number of methoxy groups -OCH3 is 1. The van der Waals surface area contributed by atoms with E-state index in [1.165, 1.54) is 24.9 Å². The summed E-state index contributed by atoms with van der Waals surface area (Å²) in [6, 6.07) is 3.03. The largest absolute Gasteiger partial charge is 0.495 e. The van der Waals surface area contributed by atoms with Crippen molar-refractivity contribution in [1.29, 1.82) is 0 Å². The first-order valence-electron chi connectivity index (χ1n) is 4.79. The highest BCUT2D eigenvalue weighted by Crippen LogP contribution is 2.32. The van der Waals surface area contributed by atoms with Crippen LogP contribution >= 0.6 is 11.8 Å². The van der Waals surface area contributed by atoms with Crippen LogP contribution in [0.25, 0.3) is 0 Å². The molecule has 0 atom stereocenters. The molecule has 0 bridgehead atoms. The SMILES string of the molecule is COc1ccc(C(=O)CCN)c(F)c1SC.